The third-order valence-corrected chi connectivity index (χ3v) is 3.21. The molecule has 2 rings (SSSR count). The maximum absolute atomic E-state index is 12.7. The number of esters is 1. The Morgan fingerprint density at radius 3 is 2.62 bits per heavy atom. The lowest BCUT2D eigenvalue weighted by Crippen LogP contribution is -2.06. The van der Waals surface area contributed by atoms with Crippen molar-refractivity contribution in [1.29, 1.82) is 0 Å². The number of alkyl halides is 3. The van der Waals surface area contributed by atoms with Gasteiger partial charge in [-0.25, -0.2) is 0 Å². The lowest BCUT2D eigenvalue weighted by Gasteiger charge is -2.10. The maximum atomic E-state index is 12.7. The first-order chi connectivity index (χ1) is 9.81. The molecule has 2 aromatic rings. The van der Waals surface area contributed by atoms with E-state index in [1.165, 1.54) is 13.2 Å². The van der Waals surface area contributed by atoms with Crippen LogP contribution in [0, 0.1) is 6.92 Å². The smallest absolute Gasteiger partial charge is 0.416 e. The summed E-state index contributed by atoms with van der Waals surface area (Å²) in [5.41, 5.74) is 1.15. The van der Waals surface area contributed by atoms with Crippen molar-refractivity contribution in [2.45, 2.75) is 25.9 Å². The number of halogens is 3. The highest BCUT2D eigenvalue weighted by molar-refractivity contribution is 5.83. The number of fused-ring (bicyclic) bond motifs is 1. The molecule has 0 radical (unpaired) electrons. The summed E-state index contributed by atoms with van der Waals surface area (Å²) >= 11 is 0. The Kier molecular flexibility index (Phi) is 4.16. The van der Waals surface area contributed by atoms with E-state index in [2.05, 4.69) is 9.72 Å². The van der Waals surface area contributed by atoms with Crippen LogP contribution in [0.4, 0.5) is 13.2 Å². The Balaban J connectivity index is 2.36. The highest BCUT2D eigenvalue weighted by Gasteiger charge is 2.30. The molecule has 0 fully saturated rings. The number of nitrogens with zero attached hydrogens (tertiary/aromatic N) is 1. The van der Waals surface area contributed by atoms with Crippen LogP contribution in [0.1, 0.15) is 23.2 Å². The van der Waals surface area contributed by atoms with Crippen molar-refractivity contribution in [2.24, 2.45) is 0 Å². The number of hydrogen-bond donors (Lipinski definition) is 0. The van der Waals surface area contributed by atoms with Gasteiger partial charge in [0.2, 0.25) is 0 Å². The van der Waals surface area contributed by atoms with Crippen LogP contribution in [0.2, 0.25) is 0 Å². The fraction of sp³-hybridized carbons (Fsp3) is 0.333. The molecule has 0 saturated heterocycles. The number of aromatic nitrogens is 1. The second-order valence-electron chi connectivity index (χ2n) is 4.74. The average Bonchev–Trinajstić information content (AvgIpc) is 2.43. The van der Waals surface area contributed by atoms with Gasteiger partial charge in [-0.1, -0.05) is 0 Å². The number of hydrogen-bond acceptors (Lipinski definition) is 3. The van der Waals surface area contributed by atoms with Gasteiger partial charge >= 0.3 is 12.1 Å². The standard InChI is InChI=1S/C15H14F3NO2/c1-9-7-11(4-6-14(20)21-2)19-13-5-3-10(8-12(9)13)15(16,17)18/h3,5,7-8H,4,6H2,1-2H3. The van der Waals surface area contributed by atoms with Crippen molar-refractivity contribution in [3.63, 3.8) is 0 Å². The minimum atomic E-state index is -4.37. The maximum Gasteiger partial charge on any atom is 0.416 e. The third-order valence-electron chi connectivity index (χ3n) is 3.21. The van der Waals surface area contributed by atoms with E-state index < -0.39 is 11.7 Å². The highest BCUT2D eigenvalue weighted by Crippen LogP contribution is 2.32. The summed E-state index contributed by atoms with van der Waals surface area (Å²) in [6.07, 6.45) is -3.79. The molecule has 1 aromatic heterocycles. The summed E-state index contributed by atoms with van der Waals surface area (Å²) in [5.74, 6) is -0.345. The van der Waals surface area contributed by atoms with Crippen molar-refractivity contribution >= 4 is 16.9 Å². The highest BCUT2D eigenvalue weighted by atomic mass is 19.4. The van der Waals surface area contributed by atoms with E-state index in [-0.39, 0.29) is 12.4 Å². The number of methoxy groups -OCH3 is 1. The number of benzene rings is 1. The predicted molar refractivity (Wildman–Crippen MR) is 71.8 cm³/mol. The third kappa shape index (κ3) is 3.51. The van der Waals surface area contributed by atoms with Crippen LogP contribution in [0.15, 0.2) is 24.3 Å². The zero-order chi connectivity index (χ0) is 15.6. The van der Waals surface area contributed by atoms with E-state index in [1.54, 1.807) is 13.0 Å². The molecule has 0 aliphatic rings. The van der Waals surface area contributed by atoms with E-state index in [4.69, 9.17) is 0 Å². The van der Waals surface area contributed by atoms with Crippen LogP contribution in [0.3, 0.4) is 0 Å². The molecule has 21 heavy (non-hydrogen) atoms. The first-order valence-electron chi connectivity index (χ1n) is 6.35. The van der Waals surface area contributed by atoms with Gasteiger partial charge in [-0.2, -0.15) is 13.2 Å². The Hall–Kier alpha value is -2.11. The first-order valence-corrected chi connectivity index (χ1v) is 6.35. The van der Waals surface area contributed by atoms with Crippen molar-refractivity contribution in [1.82, 2.24) is 4.98 Å². The lowest BCUT2D eigenvalue weighted by molar-refractivity contribution is -0.140. The summed E-state index contributed by atoms with van der Waals surface area (Å²) in [7, 11) is 1.31. The van der Waals surface area contributed by atoms with Gasteiger partial charge in [0.25, 0.3) is 0 Å². The lowest BCUT2D eigenvalue weighted by atomic mass is 10.0. The van der Waals surface area contributed by atoms with Gasteiger partial charge in [-0.3, -0.25) is 9.78 Å². The fourth-order valence-electron chi connectivity index (χ4n) is 2.10. The number of carbonyl (C=O) groups excluding carboxylic acids is 1. The van der Waals surface area contributed by atoms with E-state index >= 15 is 0 Å². The molecule has 0 N–H and O–H groups in total. The SMILES string of the molecule is COC(=O)CCc1cc(C)c2cc(C(F)(F)F)ccc2n1. The zero-order valence-electron chi connectivity index (χ0n) is 11.6. The Labute approximate surface area is 119 Å². The molecule has 1 heterocycles. The molecule has 0 unspecified atom stereocenters. The number of rotatable bonds is 3. The van der Waals surface area contributed by atoms with Crippen LogP contribution in [-0.4, -0.2) is 18.1 Å². The number of ether oxygens (including phenoxy) is 1. The average molecular weight is 297 g/mol. The van der Waals surface area contributed by atoms with E-state index in [9.17, 15) is 18.0 Å². The summed E-state index contributed by atoms with van der Waals surface area (Å²) in [6, 6.07) is 5.17. The van der Waals surface area contributed by atoms with Crippen molar-refractivity contribution < 1.29 is 22.7 Å². The van der Waals surface area contributed by atoms with Gasteiger partial charge in [-0.05, 0) is 36.8 Å². The quantitative estimate of drug-likeness (QED) is 0.811. The van der Waals surface area contributed by atoms with Crippen LogP contribution in [0.5, 0.6) is 0 Å². The van der Waals surface area contributed by atoms with Gasteiger partial charge in [0.1, 0.15) is 0 Å². The van der Waals surface area contributed by atoms with Crippen LogP contribution < -0.4 is 0 Å². The first kappa shape index (κ1) is 15.3. The molecule has 112 valence electrons. The van der Waals surface area contributed by atoms with E-state index in [1.807, 2.05) is 0 Å². The largest absolute Gasteiger partial charge is 0.469 e. The molecule has 0 spiro atoms. The predicted octanol–water partition coefficient (Wildman–Crippen LogP) is 3.67. The topological polar surface area (TPSA) is 39.2 Å². The zero-order valence-corrected chi connectivity index (χ0v) is 11.6. The molecular formula is C15H14F3NO2. The molecule has 0 aliphatic carbocycles. The van der Waals surface area contributed by atoms with Gasteiger partial charge < -0.3 is 4.74 Å². The summed E-state index contributed by atoms with van der Waals surface area (Å²) in [5, 5.41) is 0.464. The molecule has 6 heteroatoms. The van der Waals surface area contributed by atoms with Gasteiger partial charge in [0, 0.05) is 17.5 Å². The summed E-state index contributed by atoms with van der Waals surface area (Å²) < 4.78 is 42.7. The van der Waals surface area contributed by atoms with Gasteiger partial charge in [0.15, 0.2) is 0 Å². The normalized spacial score (nSPS) is 11.7. The monoisotopic (exact) mass is 297 g/mol. The second-order valence-corrected chi connectivity index (χ2v) is 4.74. The van der Waals surface area contributed by atoms with Crippen molar-refractivity contribution in [3.8, 4) is 0 Å². The minimum Gasteiger partial charge on any atom is -0.469 e. The molecule has 0 bridgehead atoms. The van der Waals surface area contributed by atoms with Gasteiger partial charge in [0.05, 0.1) is 24.6 Å². The second kappa shape index (κ2) is 5.71. The molecule has 3 nitrogen and oxygen atoms in total. The minimum absolute atomic E-state index is 0.190. The summed E-state index contributed by atoms with van der Waals surface area (Å²) in [6.45, 7) is 1.73. The van der Waals surface area contributed by atoms with Gasteiger partial charge in [-0.15, -0.1) is 0 Å². The molecule has 0 atom stereocenters. The van der Waals surface area contributed by atoms with Crippen LogP contribution in [0.25, 0.3) is 10.9 Å². The van der Waals surface area contributed by atoms with Crippen molar-refractivity contribution in [3.05, 3.63) is 41.1 Å². The number of aryl methyl sites for hydroxylation is 2. The summed E-state index contributed by atoms with van der Waals surface area (Å²) in [4.78, 5) is 15.4. The molecule has 0 saturated carbocycles. The number of carbonyl (C=O) groups is 1. The molecule has 1 aromatic carbocycles. The molecular weight excluding hydrogens is 283 g/mol. The number of pyridine rings is 1. The fourth-order valence-corrected chi connectivity index (χ4v) is 2.10. The van der Waals surface area contributed by atoms with Crippen molar-refractivity contribution in [2.75, 3.05) is 7.11 Å². The molecule has 0 amide bonds. The van der Waals surface area contributed by atoms with Crippen LogP contribution in [-0.2, 0) is 22.1 Å². The van der Waals surface area contributed by atoms with Crippen LogP contribution >= 0.6 is 0 Å². The Bertz CT molecular complexity index is 680. The Morgan fingerprint density at radius 2 is 2.00 bits per heavy atom. The van der Waals surface area contributed by atoms with E-state index in [0.29, 0.717) is 28.6 Å². The molecule has 0 aliphatic heterocycles. The Morgan fingerprint density at radius 1 is 1.29 bits per heavy atom. The van der Waals surface area contributed by atoms with E-state index in [0.717, 1.165) is 12.1 Å².